The zero-order valence-corrected chi connectivity index (χ0v) is 22.8. The number of thiol groups is 1. The predicted octanol–water partition coefficient (Wildman–Crippen LogP) is 5.12. The summed E-state index contributed by atoms with van der Waals surface area (Å²) in [6, 6.07) is 9.73. The van der Waals surface area contributed by atoms with Gasteiger partial charge in [-0.05, 0) is 79.1 Å². The highest BCUT2D eigenvalue weighted by Gasteiger charge is 2.46. The molecule has 1 aliphatic carbocycles. The van der Waals surface area contributed by atoms with Crippen LogP contribution in [0.15, 0.2) is 30.3 Å². The predicted molar refractivity (Wildman–Crippen MR) is 143 cm³/mol. The molecule has 0 heterocycles. The number of nitrogens with zero attached hydrogens (tertiary/aromatic N) is 1. The Morgan fingerprint density at radius 1 is 1.24 bits per heavy atom. The quantitative estimate of drug-likeness (QED) is 0.201. The van der Waals surface area contributed by atoms with Crippen molar-refractivity contribution in [2.45, 2.75) is 95.5 Å². The number of carbonyl (C=O) groups excluding carboxylic acids is 1. The van der Waals surface area contributed by atoms with Gasteiger partial charge in [-0.2, -0.15) is 12.6 Å². The van der Waals surface area contributed by atoms with E-state index in [9.17, 15) is 4.79 Å². The van der Waals surface area contributed by atoms with E-state index in [1.165, 1.54) is 0 Å². The second-order valence-electron chi connectivity index (χ2n) is 10.4. The Labute approximate surface area is 208 Å². The Morgan fingerprint density at radius 3 is 2.39 bits per heavy atom. The highest BCUT2D eigenvalue weighted by atomic mass is 32.1. The van der Waals surface area contributed by atoms with Gasteiger partial charge in [-0.1, -0.05) is 56.4 Å². The van der Waals surface area contributed by atoms with Crippen molar-refractivity contribution >= 4 is 26.1 Å². The van der Waals surface area contributed by atoms with Crippen LogP contribution in [0.4, 0.5) is 0 Å². The van der Waals surface area contributed by atoms with Crippen LogP contribution in [-0.2, 0) is 20.8 Å². The first-order valence-corrected chi connectivity index (χ1v) is 12.6. The Hall–Kier alpha value is -1.02. The van der Waals surface area contributed by atoms with Crippen molar-refractivity contribution in [3.8, 4) is 0 Å². The molecule has 2 unspecified atom stereocenters. The molecule has 1 aromatic rings. The third kappa shape index (κ3) is 10.0. The van der Waals surface area contributed by atoms with Gasteiger partial charge in [0.15, 0.2) is 0 Å². The Balaban J connectivity index is 0.000000981. The molecule has 1 fully saturated rings. The van der Waals surface area contributed by atoms with Gasteiger partial charge in [-0.15, -0.1) is 0 Å². The first-order valence-electron chi connectivity index (χ1n) is 12.2. The average molecular weight is 478 g/mol. The average Bonchev–Trinajstić information content (AvgIpc) is 3.13. The second-order valence-corrected chi connectivity index (χ2v) is 11.5. The summed E-state index contributed by atoms with van der Waals surface area (Å²) in [5, 5.41) is 0. The maximum atomic E-state index is 12.7. The normalized spacial score (nSPS) is 20.8. The summed E-state index contributed by atoms with van der Waals surface area (Å²) < 4.78 is 11.2. The number of benzene rings is 1. The molecule has 33 heavy (non-hydrogen) atoms. The smallest absolute Gasteiger partial charge is 0.326 e. The standard InChI is InChI=1S/C22H35BNO3S.C4H11N/c1-20(2,21(3,4)28)27-23-15-9-13-18-12-8-14-22(18,24)19(25)26-16-17-10-6-5-7-11-17;1-4-5(2)3/h5-7,10-11,18,28H,8-9,12-16,24H2,1-4H3;4H2,1-3H3. The number of hydrogen-bond donors (Lipinski definition) is 2. The van der Waals surface area contributed by atoms with Gasteiger partial charge in [0, 0.05) is 4.75 Å². The van der Waals surface area contributed by atoms with Crippen LogP contribution < -0.4 is 5.73 Å². The molecule has 1 aromatic carbocycles. The Morgan fingerprint density at radius 2 is 1.85 bits per heavy atom. The van der Waals surface area contributed by atoms with E-state index in [-0.39, 0.29) is 28.8 Å². The van der Waals surface area contributed by atoms with Crippen LogP contribution in [0.5, 0.6) is 0 Å². The lowest BCUT2D eigenvalue weighted by atomic mass is 9.80. The zero-order chi connectivity index (χ0) is 25.1. The number of ether oxygens (including phenoxy) is 1. The van der Waals surface area contributed by atoms with Crippen LogP contribution in [0, 0.1) is 5.92 Å². The topological polar surface area (TPSA) is 64.8 Å². The van der Waals surface area contributed by atoms with Crippen molar-refractivity contribution in [1.82, 2.24) is 4.90 Å². The van der Waals surface area contributed by atoms with Crippen molar-refractivity contribution in [3.63, 3.8) is 0 Å². The summed E-state index contributed by atoms with van der Waals surface area (Å²) >= 11 is 4.61. The molecule has 2 rings (SSSR count). The van der Waals surface area contributed by atoms with Gasteiger partial charge in [-0.3, -0.25) is 4.79 Å². The molecule has 1 aliphatic rings. The van der Waals surface area contributed by atoms with Crippen molar-refractivity contribution in [2.24, 2.45) is 11.7 Å². The summed E-state index contributed by atoms with van der Waals surface area (Å²) in [7, 11) is 5.98. The molecule has 1 saturated carbocycles. The molecule has 2 atom stereocenters. The summed E-state index contributed by atoms with van der Waals surface area (Å²) in [4.78, 5) is 14.8. The third-order valence-electron chi connectivity index (χ3n) is 6.82. The summed E-state index contributed by atoms with van der Waals surface area (Å²) in [6.45, 7) is 11.7. The van der Waals surface area contributed by atoms with E-state index in [1.807, 2.05) is 65.5 Å². The molecule has 187 valence electrons. The van der Waals surface area contributed by atoms with Crippen LogP contribution >= 0.6 is 12.6 Å². The molecule has 0 bridgehead atoms. The van der Waals surface area contributed by atoms with Gasteiger partial charge in [0.2, 0.25) is 0 Å². The van der Waals surface area contributed by atoms with Gasteiger partial charge in [-0.25, -0.2) is 0 Å². The first-order chi connectivity index (χ1) is 15.3. The van der Waals surface area contributed by atoms with Gasteiger partial charge in [0.1, 0.15) is 12.1 Å². The molecule has 0 aliphatic heterocycles. The van der Waals surface area contributed by atoms with E-state index >= 15 is 0 Å². The lowest BCUT2D eigenvalue weighted by molar-refractivity contribution is -0.153. The van der Waals surface area contributed by atoms with Gasteiger partial charge >= 0.3 is 5.97 Å². The third-order valence-corrected chi connectivity index (χ3v) is 7.36. The van der Waals surface area contributed by atoms with E-state index in [2.05, 4.69) is 38.5 Å². The molecule has 5 nitrogen and oxygen atoms in total. The van der Waals surface area contributed by atoms with E-state index in [1.54, 1.807) is 0 Å². The largest absolute Gasteiger partial charge is 0.459 e. The Bertz CT molecular complexity index is 695. The molecule has 0 aromatic heterocycles. The van der Waals surface area contributed by atoms with Gasteiger partial charge in [0.25, 0.3) is 7.48 Å². The monoisotopic (exact) mass is 477 g/mol. The van der Waals surface area contributed by atoms with Crippen molar-refractivity contribution in [1.29, 1.82) is 0 Å². The minimum Gasteiger partial charge on any atom is -0.459 e. The van der Waals surface area contributed by atoms with Crippen molar-refractivity contribution in [2.75, 3.05) is 20.6 Å². The van der Waals surface area contributed by atoms with Crippen molar-refractivity contribution in [3.05, 3.63) is 35.9 Å². The van der Waals surface area contributed by atoms with Crippen LogP contribution in [-0.4, -0.2) is 54.9 Å². The number of nitrogens with two attached hydrogens (primary N) is 1. The van der Waals surface area contributed by atoms with E-state index < -0.39 is 5.54 Å². The van der Waals surface area contributed by atoms with Crippen molar-refractivity contribution < 1.29 is 14.2 Å². The molecular formula is C26H46BN2O3S. The van der Waals surface area contributed by atoms with E-state index in [4.69, 9.17) is 15.1 Å². The fraction of sp³-hybridized carbons (Fsp3) is 0.731. The molecule has 0 amide bonds. The van der Waals surface area contributed by atoms with Crippen LogP contribution in [0.3, 0.4) is 0 Å². The fourth-order valence-corrected chi connectivity index (χ4v) is 3.54. The summed E-state index contributed by atoms with van der Waals surface area (Å²) in [5.74, 6) is -0.101. The van der Waals surface area contributed by atoms with Crippen LogP contribution in [0.25, 0.3) is 0 Å². The highest BCUT2D eigenvalue weighted by molar-refractivity contribution is 7.81. The second kappa shape index (κ2) is 13.8. The number of hydrogen-bond acceptors (Lipinski definition) is 6. The van der Waals surface area contributed by atoms with Crippen LogP contribution in [0.1, 0.15) is 72.3 Å². The minimum atomic E-state index is -0.859. The number of carbonyl (C=O) groups is 1. The lowest BCUT2D eigenvalue weighted by Gasteiger charge is -2.38. The molecule has 2 N–H and O–H groups in total. The lowest BCUT2D eigenvalue weighted by Crippen LogP contribution is -2.52. The zero-order valence-electron chi connectivity index (χ0n) is 21.9. The highest BCUT2D eigenvalue weighted by Crippen LogP contribution is 2.38. The molecular weight excluding hydrogens is 431 g/mol. The minimum absolute atomic E-state index is 0.165. The number of rotatable bonds is 11. The van der Waals surface area contributed by atoms with Gasteiger partial charge in [0.05, 0.1) is 5.60 Å². The van der Waals surface area contributed by atoms with E-state index in [0.717, 1.165) is 44.1 Å². The number of esters is 1. The molecule has 1 radical (unpaired) electrons. The summed E-state index contributed by atoms with van der Waals surface area (Å²) in [5.41, 5.74) is 6.30. The molecule has 7 heteroatoms. The molecule has 0 saturated heterocycles. The maximum absolute atomic E-state index is 12.7. The van der Waals surface area contributed by atoms with E-state index in [0.29, 0.717) is 6.42 Å². The van der Waals surface area contributed by atoms with Gasteiger partial charge < -0.3 is 20.0 Å². The first kappa shape index (κ1) is 30.0. The SMILES string of the molecule is CC(C)(S)C(C)(C)O[B]CCCC1CCCC1(N)C(=O)OCc1ccccc1.CCN(C)C. The molecule has 0 spiro atoms. The van der Waals surface area contributed by atoms with Crippen LogP contribution in [0.2, 0.25) is 6.32 Å². The Kier molecular flexibility index (Phi) is 12.5. The maximum Gasteiger partial charge on any atom is 0.326 e. The summed E-state index contributed by atoms with van der Waals surface area (Å²) in [6.07, 6.45) is 5.33. The fourth-order valence-electron chi connectivity index (χ4n) is 3.49.